The van der Waals surface area contributed by atoms with Crippen molar-refractivity contribution in [3.8, 4) is 0 Å². The average molecular weight is 458 g/mol. The maximum atomic E-state index is 13.0. The summed E-state index contributed by atoms with van der Waals surface area (Å²) in [6.45, 7) is 7.82. The van der Waals surface area contributed by atoms with Crippen LogP contribution in [-0.4, -0.2) is 38.8 Å². The third-order valence-electron chi connectivity index (χ3n) is 5.56. The first-order chi connectivity index (χ1) is 15.6. The van der Waals surface area contributed by atoms with Crippen LogP contribution in [0, 0.1) is 12.3 Å². The summed E-state index contributed by atoms with van der Waals surface area (Å²) < 4.78 is 12.5. The highest BCUT2D eigenvalue weighted by Crippen LogP contribution is 2.34. The molecule has 0 radical (unpaired) electrons. The Morgan fingerprint density at radius 2 is 1.82 bits per heavy atom. The first-order valence-corrected chi connectivity index (χ1v) is 11.1. The molecule has 1 aliphatic rings. The Morgan fingerprint density at radius 3 is 2.48 bits per heavy atom. The van der Waals surface area contributed by atoms with Gasteiger partial charge in [0.05, 0.1) is 0 Å². The number of aromatic nitrogens is 2. The highest BCUT2D eigenvalue weighted by atomic mass is 16.6. The number of nitrogens with zero attached hydrogens (tertiary/aromatic N) is 2. The van der Waals surface area contributed by atoms with E-state index in [0.717, 1.165) is 5.56 Å². The smallest absolute Gasteiger partial charge is 0.413 e. The molecule has 2 heterocycles. The van der Waals surface area contributed by atoms with Gasteiger partial charge in [-0.3, -0.25) is 14.7 Å². The van der Waals surface area contributed by atoms with Gasteiger partial charge < -0.3 is 14.0 Å². The number of nitrogens with one attached hydrogen (secondary N) is 1. The van der Waals surface area contributed by atoms with Crippen LogP contribution in [0.15, 0.2) is 46.1 Å². The van der Waals surface area contributed by atoms with E-state index in [1.807, 2.05) is 51.1 Å². The van der Waals surface area contributed by atoms with Crippen LogP contribution < -0.4 is 11.2 Å². The number of ether oxygens (including phenoxy) is 2. The molecule has 1 aliphatic heterocycles. The predicted molar refractivity (Wildman–Crippen MR) is 121 cm³/mol. The number of amides is 1. The molecular weight excluding hydrogens is 426 g/mol. The van der Waals surface area contributed by atoms with Crippen molar-refractivity contribution in [2.75, 3.05) is 0 Å². The fraction of sp³-hybridized carbons (Fsp3) is 0.500. The molecule has 0 bridgehead atoms. The highest BCUT2D eigenvalue weighted by molar-refractivity contribution is 5.84. The zero-order valence-electron chi connectivity index (χ0n) is 19.5. The quantitative estimate of drug-likeness (QED) is 0.506. The Morgan fingerprint density at radius 1 is 1.12 bits per heavy atom. The van der Waals surface area contributed by atoms with Gasteiger partial charge in [-0.2, -0.15) is 0 Å². The van der Waals surface area contributed by atoms with E-state index < -0.39 is 41.0 Å². The molecule has 0 spiro atoms. The Hall–Kier alpha value is -3.36. The molecule has 9 heteroatoms. The summed E-state index contributed by atoms with van der Waals surface area (Å²) in [5.41, 5.74) is -0.0542. The van der Waals surface area contributed by atoms with Gasteiger partial charge >= 0.3 is 17.8 Å². The molecule has 9 nitrogen and oxygen atoms in total. The lowest BCUT2D eigenvalue weighted by Crippen LogP contribution is -2.48. The number of H-pyrrole nitrogens is 1. The number of carbonyl (C=O) groups excluding carboxylic acids is 2. The molecular formula is C24H31N3O6. The first kappa shape index (κ1) is 24.3. The van der Waals surface area contributed by atoms with Gasteiger partial charge in [0.1, 0.15) is 12.6 Å². The van der Waals surface area contributed by atoms with Gasteiger partial charge in [-0.05, 0) is 31.7 Å². The van der Waals surface area contributed by atoms with Gasteiger partial charge in [-0.15, -0.1) is 0 Å². The predicted octanol–water partition coefficient (Wildman–Crippen LogP) is 2.95. The van der Waals surface area contributed by atoms with Gasteiger partial charge in [0.25, 0.3) is 5.56 Å². The van der Waals surface area contributed by atoms with Crippen LogP contribution >= 0.6 is 0 Å². The molecule has 0 unspecified atom stereocenters. The summed E-state index contributed by atoms with van der Waals surface area (Å²) in [5, 5.41) is 0. The number of hydrogen-bond donors (Lipinski definition) is 1. The summed E-state index contributed by atoms with van der Waals surface area (Å²) >= 11 is 0. The van der Waals surface area contributed by atoms with Crippen molar-refractivity contribution in [3.05, 3.63) is 68.5 Å². The second-order valence-electron chi connectivity index (χ2n) is 9.38. The fourth-order valence-corrected chi connectivity index (χ4v) is 3.79. The maximum absolute atomic E-state index is 13.0. The van der Waals surface area contributed by atoms with E-state index in [9.17, 15) is 19.2 Å². The molecule has 33 heavy (non-hydrogen) atoms. The number of hydrogen-bond acceptors (Lipinski definition) is 6. The van der Waals surface area contributed by atoms with E-state index in [-0.39, 0.29) is 6.61 Å². The molecule has 3 rings (SSSR count). The maximum Gasteiger partial charge on any atom is 0.413 e. The standard InChI is InChI=1S/C24H31N3O6/c1-16-14-26(22(30)25-19(16)28)13-9-8-12-18-20(29)33-21(24(2,3)4)27(18)23(31)32-15-17-10-6-5-7-11-17/h5-7,10-11,14,18,21H,8-9,12-13,15H2,1-4H3,(H,25,28,30)/t18-,21-/m0/s1. The van der Waals surface area contributed by atoms with E-state index in [4.69, 9.17) is 9.47 Å². The lowest BCUT2D eigenvalue weighted by atomic mass is 9.93. The molecule has 2 aromatic rings. The van der Waals surface area contributed by atoms with Crippen LogP contribution in [-0.2, 0) is 27.4 Å². The molecule has 1 aromatic carbocycles. The van der Waals surface area contributed by atoms with Crippen LogP contribution in [0.25, 0.3) is 0 Å². The number of rotatable bonds is 7. The first-order valence-electron chi connectivity index (χ1n) is 11.1. The average Bonchev–Trinajstić information content (AvgIpc) is 3.10. The Bertz CT molecular complexity index is 1100. The van der Waals surface area contributed by atoms with E-state index in [1.165, 1.54) is 15.7 Å². The van der Waals surface area contributed by atoms with Gasteiger partial charge in [0.2, 0.25) is 0 Å². The fourth-order valence-electron chi connectivity index (χ4n) is 3.79. The third-order valence-corrected chi connectivity index (χ3v) is 5.56. The second kappa shape index (κ2) is 10.1. The Balaban J connectivity index is 1.65. The molecule has 0 aliphatic carbocycles. The number of benzene rings is 1. The lowest BCUT2D eigenvalue weighted by molar-refractivity contribution is -0.147. The summed E-state index contributed by atoms with van der Waals surface area (Å²) in [6.07, 6.45) is 1.73. The molecule has 0 saturated carbocycles. The highest BCUT2D eigenvalue weighted by Gasteiger charge is 2.50. The van der Waals surface area contributed by atoms with Crippen molar-refractivity contribution < 1.29 is 19.1 Å². The van der Waals surface area contributed by atoms with Crippen molar-refractivity contribution in [1.82, 2.24) is 14.5 Å². The van der Waals surface area contributed by atoms with Gasteiger partial charge in [0, 0.05) is 23.7 Å². The Labute approximate surface area is 192 Å². The zero-order valence-corrected chi connectivity index (χ0v) is 19.5. The molecule has 2 atom stereocenters. The van der Waals surface area contributed by atoms with Crippen molar-refractivity contribution in [2.24, 2.45) is 5.41 Å². The van der Waals surface area contributed by atoms with Gasteiger partial charge in [-0.25, -0.2) is 14.4 Å². The van der Waals surface area contributed by atoms with Crippen molar-refractivity contribution >= 4 is 12.1 Å². The van der Waals surface area contributed by atoms with Crippen molar-refractivity contribution in [1.29, 1.82) is 0 Å². The van der Waals surface area contributed by atoms with Crippen LogP contribution in [0.4, 0.5) is 4.79 Å². The number of carbonyl (C=O) groups is 2. The van der Waals surface area contributed by atoms with Crippen LogP contribution in [0.5, 0.6) is 0 Å². The number of aromatic amines is 1. The minimum absolute atomic E-state index is 0.0996. The lowest BCUT2D eigenvalue weighted by Gasteiger charge is -2.33. The minimum atomic E-state index is -0.758. The third kappa shape index (κ3) is 5.91. The summed E-state index contributed by atoms with van der Waals surface area (Å²) in [5.74, 6) is -0.455. The SMILES string of the molecule is Cc1cn(CCCC[C@H]2C(=O)O[C@@H](C(C)(C)C)N2C(=O)OCc2ccccc2)c(=O)[nH]c1=O. The van der Waals surface area contributed by atoms with Gasteiger partial charge in [-0.1, -0.05) is 51.1 Å². The number of unbranched alkanes of at least 4 members (excludes halogenated alkanes) is 1. The van der Waals surface area contributed by atoms with E-state index in [2.05, 4.69) is 4.98 Å². The Kier molecular flexibility index (Phi) is 7.40. The van der Waals surface area contributed by atoms with Crippen LogP contribution in [0.2, 0.25) is 0 Å². The van der Waals surface area contributed by atoms with Crippen LogP contribution in [0.1, 0.15) is 51.2 Å². The largest absolute Gasteiger partial charge is 0.444 e. The molecule has 1 fully saturated rings. The van der Waals surface area contributed by atoms with E-state index in [0.29, 0.717) is 31.4 Å². The van der Waals surface area contributed by atoms with Crippen molar-refractivity contribution in [3.63, 3.8) is 0 Å². The normalized spacial score (nSPS) is 18.3. The van der Waals surface area contributed by atoms with Gasteiger partial charge in [0.15, 0.2) is 6.23 Å². The molecule has 1 aromatic heterocycles. The molecule has 178 valence electrons. The minimum Gasteiger partial charge on any atom is -0.444 e. The summed E-state index contributed by atoms with van der Waals surface area (Å²) in [6, 6.07) is 8.57. The van der Waals surface area contributed by atoms with Crippen LogP contribution in [0.3, 0.4) is 0 Å². The van der Waals surface area contributed by atoms with E-state index in [1.54, 1.807) is 6.92 Å². The topological polar surface area (TPSA) is 111 Å². The number of aryl methyl sites for hydroxylation is 2. The second-order valence-corrected chi connectivity index (χ2v) is 9.38. The summed E-state index contributed by atoms with van der Waals surface area (Å²) in [4.78, 5) is 52.8. The van der Waals surface area contributed by atoms with Crippen molar-refractivity contribution in [2.45, 2.75) is 72.4 Å². The number of esters is 1. The monoisotopic (exact) mass is 457 g/mol. The molecule has 1 saturated heterocycles. The van der Waals surface area contributed by atoms with E-state index >= 15 is 0 Å². The number of cyclic esters (lactones) is 1. The zero-order chi connectivity index (χ0) is 24.2. The molecule has 1 amide bonds. The molecule has 1 N–H and O–H groups in total. The summed E-state index contributed by atoms with van der Waals surface area (Å²) in [7, 11) is 0.